The van der Waals surface area contributed by atoms with Crippen molar-refractivity contribution in [2.75, 3.05) is 0 Å². The number of nitrogens with zero attached hydrogens (tertiary/aromatic N) is 2. The number of fused-ring (bicyclic) bond motifs is 1. The normalized spacial score (nSPS) is 10.8. The summed E-state index contributed by atoms with van der Waals surface area (Å²) in [6, 6.07) is 8.90. The molecule has 0 fully saturated rings. The SMILES string of the molecule is O=C(Cc1n[nH]c2ncc(I)cc2c1=O)NCc1ccc(Cl)cc1. The molecule has 0 unspecified atom stereocenters. The Morgan fingerprint density at radius 3 is 2.79 bits per heavy atom. The number of carbonyl (C=O) groups is 1. The zero-order chi connectivity index (χ0) is 17.1. The highest BCUT2D eigenvalue weighted by molar-refractivity contribution is 14.1. The molecule has 24 heavy (non-hydrogen) atoms. The fourth-order valence-electron chi connectivity index (χ4n) is 2.17. The van der Waals surface area contributed by atoms with Crippen LogP contribution in [0.3, 0.4) is 0 Å². The van der Waals surface area contributed by atoms with Crippen LogP contribution in [0, 0.1) is 3.57 Å². The van der Waals surface area contributed by atoms with Crippen molar-refractivity contribution >= 4 is 51.1 Å². The van der Waals surface area contributed by atoms with Gasteiger partial charge in [-0.15, -0.1) is 0 Å². The van der Waals surface area contributed by atoms with Gasteiger partial charge in [-0.05, 0) is 46.4 Å². The summed E-state index contributed by atoms with van der Waals surface area (Å²) in [7, 11) is 0. The zero-order valence-electron chi connectivity index (χ0n) is 12.3. The molecule has 3 rings (SSSR count). The highest BCUT2D eigenvalue weighted by Crippen LogP contribution is 2.10. The Morgan fingerprint density at radius 1 is 1.29 bits per heavy atom. The topological polar surface area (TPSA) is 87.7 Å². The molecule has 2 N–H and O–H groups in total. The molecular formula is C16H12ClIN4O2. The Morgan fingerprint density at radius 2 is 2.04 bits per heavy atom. The Hall–Kier alpha value is -2.00. The van der Waals surface area contributed by atoms with Crippen molar-refractivity contribution in [3.63, 3.8) is 0 Å². The summed E-state index contributed by atoms with van der Waals surface area (Å²) in [5, 5.41) is 10.5. The average molecular weight is 455 g/mol. The number of rotatable bonds is 4. The molecule has 6 nitrogen and oxygen atoms in total. The number of halogens is 2. The number of pyridine rings is 1. The fraction of sp³-hybridized carbons (Fsp3) is 0.125. The third-order valence-corrected chi connectivity index (χ3v) is 4.23. The van der Waals surface area contributed by atoms with Gasteiger partial charge in [-0.25, -0.2) is 4.98 Å². The number of aromatic amines is 1. The minimum atomic E-state index is -0.281. The standard InChI is InChI=1S/C16H12ClIN4O2/c17-10-3-1-9(2-4-10)7-19-14(23)6-13-15(24)12-5-11(18)8-20-16(12)22-21-13/h1-5,8H,6-7H2,(H,19,23)(H,20,22,24). The first-order valence-corrected chi connectivity index (χ1v) is 8.52. The monoisotopic (exact) mass is 454 g/mol. The molecule has 0 aliphatic carbocycles. The van der Waals surface area contributed by atoms with Gasteiger partial charge in [-0.1, -0.05) is 23.7 Å². The molecular weight excluding hydrogens is 443 g/mol. The Bertz CT molecular complexity index is 956. The lowest BCUT2D eigenvalue weighted by molar-refractivity contribution is -0.120. The largest absolute Gasteiger partial charge is 0.352 e. The number of aromatic nitrogens is 3. The van der Waals surface area contributed by atoms with E-state index in [1.54, 1.807) is 24.4 Å². The lowest BCUT2D eigenvalue weighted by Gasteiger charge is -2.06. The van der Waals surface area contributed by atoms with Crippen LogP contribution in [0.15, 0.2) is 41.3 Å². The van der Waals surface area contributed by atoms with Gasteiger partial charge in [0.2, 0.25) is 11.3 Å². The van der Waals surface area contributed by atoms with Crippen LogP contribution in [-0.2, 0) is 17.8 Å². The van der Waals surface area contributed by atoms with Crippen LogP contribution in [0.1, 0.15) is 11.3 Å². The quantitative estimate of drug-likeness (QED) is 0.593. The number of hydrogen-bond donors (Lipinski definition) is 2. The number of H-pyrrole nitrogens is 1. The molecule has 0 bridgehead atoms. The zero-order valence-corrected chi connectivity index (χ0v) is 15.3. The summed E-state index contributed by atoms with van der Waals surface area (Å²) in [5.41, 5.74) is 1.22. The van der Waals surface area contributed by atoms with Gasteiger partial charge in [0.1, 0.15) is 5.69 Å². The maximum atomic E-state index is 12.4. The van der Waals surface area contributed by atoms with E-state index >= 15 is 0 Å². The number of hydrogen-bond acceptors (Lipinski definition) is 4. The van der Waals surface area contributed by atoms with Crippen molar-refractivity contribution in [3.8, 4) is 0 Å². The van der Waals surface area contributed by atoms with Crippen molar-refractivity contribution in [3.05, 3.63) is 66.6 Å². The molecule has 1 amide bonds. The summed E-state index contributed by atoms with van der Waals surface area (Å²) in [4.78, 5) is 28.6. The molecule has 0 radical (unpaired) electrons. The first kappa shape index (κ1) is 16.8. The molecule has 0 spiro atoms. The van der Waals surface area contributed by atoms with Crippen molar-refractivity contribution in [1.29, 1.82) is 0 Å². The van der Waals surface area contributed by atoms with Crippen molar-refractivity contribution in [2.45, 2.75) is 13.0 Å². The van der Waals surface area contributed by atoms with Crippen molar-refractivity contribution < 1.29 is 4.79 Å². The molecule has 0 saturated heterocycles. The number of carbonyl (C=O) groups excluding carboxylic acids is 1. The van der Waals surface area contributed by atoms with E-state index in [1.807, 2.05) is 12.1 Å². The van der Waals surface area contributed by atoms with E-state index in [4.69, 9.17) is 11.6 Å². The van der Waals surface area contributed by atoms with Gasteiger partial charge < -0.3 is 5.32 Å². The molecule has 2 aromatic heterocycles. The Labute approximate surface area is 155 Å². The van der Waals surface area contributed by atoms with Crippen LogP contribution < -0.4 is 10.7 Å². The maximum absolute atomic E-state index is 12.4. The van der Waals surface area contributed by atoms with Gasteiger partial charge >= 0.3 is 0 Å². The second-order valence-corrected chi connectivity index (χ2v) is 6.81. The summed E-state index contributed by atoms with van der Waals surface area (Å²) in [5.74, 6) is -0.277. The highest BCUT2D eigenvalue weighted by Gasteiger charge is 2.12. The van der Waals surface area contributed by atoms with E-state index in [1.165, 1.54) is 0 Å². The molecule has 122 valence electrons. The van der Waals surface area contributed by atoms with Gasteiger partial charge in [-0.3, -0.25) is 14.7 Å². The average Bonchev–Trinajstić information content (AvgIpc) is 2.57. The minimum Gasteiger partial charge on any atom is -0.352 e. The molecule has 0 atom stereocenters. The lowest BCUT2D eigenvalue weighted by atomic mass is 10.2. The van der Waals surface area contributed by atoms with Gasteiger partial charge in [0.15, 0.2) is 5.65 Å². The van der Waals surface area contributed by atoms with Gasteiger partial charge in [0.05, 0.1) is 11.8 Å². The van der Waals surface area contributed by atoms with E-state index in [0.717, 1.165) is 9.13 Å². The molecule has 0 aliphatic rings. The molecule has 1 aromatic carbocycles. The summed E-state index contributed by atoms with van der Waals surface area (Å²) < 4.78 is 0.843. The van der Waals surface area contributed by atoms with Gasteiger partial charge in [0.25, 0.3) is 0 Å². The van der Waals surface area contributed by atoms with E-state index in [9.17, 15) is 9.59 Å². The highest BCUT2D eigenvalue weighted by atomic mass is 127. The van der Waals surface area contributed by atoms with Gasteiger partial charge in [0, 0.05) is 21.3 Å². The molecule has 3 aromatic rings. The second kappa shape index (κ2) is 7.27. The Kier molecular flexibility index (Phi) is 5.10. The van der Waals surface area contributed by atoms with Crippen LogP contribution in [0.2, 0.25) is 5.02 Å². The fourth-order valence-corrected chi connectivity index (χ4v) is 2.74. The first-order chi connectivity index (χ1) is 11.5. The number of benzene rings is 1. The predicted molar refractivity (Wildman–Crippen MR) is 99.9 cm³/mol. The summed E-state index contributed by atoms with van der Waals surface area (Å²) in [6.45, 7) is 0.362. The first-order valence-electron chi connectivity index (χ1n) is 7.07. The summed E-state index contributed by atoms with van der Waals surface area (Å²) in [6.07, 6.45) is 1.54. The van der Waals surface area contributed by atoms with Crippen LogP contribution in [0.5, 0.6) is 0 Å². The van der Waals surface area contributed by atoms with Crippen LogP contribution in [0.4, 0.5) is 0 Å². The summed E-state index contributed by atoms with van der Waals surface area (Å²) >= 11 is 7.90. The van der Waals surface area contributed by atoms with Crippen LogP contribution >= 0.6 is 34.2 Å². The van der Waals surface area contributed by atoms with E-state index < -0.39 is 0 Å². The third kappa shape index (κ3) is 3.90. The minimum absolute atomic E-state index is 0.0929. The molecule has 0 saturated carbocycles. The lowest BCUT2D eigenvalue weighted by Crippen LogP contribution is -2.28. The van der Waals surface area contributed by atoms with Crippen molar-refractivity contribution in [2.24, 2.45) is 0 Å². The maximum Gasteiger partial charge on any atom is 0.226 e. The smallest absolute Gasteiger partial charge is 0.226 e. The van der Waals surface area contributed by atoms with E-state index in [2.05, 4.69) is 43.1 Å². The number of amides is 1. The molecule has 2 heterocycles. The van der Waals surface area contributed by atoms with Crippen molar-refractivity contribution in [1.82, 2.24) is 20.5 Å². The van der Waals surface area contributed by atoms with Crippen LogP contribution in [0.25, 0.3) is 11.0 Å². The van der Waals surface area contributed by atoms with Gasteiger partial charge in [-0.2, -0.15) is 5.10 Å². The third-order valence-electron chi connectivity index (χ3n) is 3.39. The molecule has 0 aliphatic heterocycles. The van der Waals surface area contributed by atoms with E-state index in [-0.39, 0.29) is 23.5 Å². The Balaban J connectivity index is 1.72. The predicted octanol–water partition coefficient (Wildman–Crippen LogP) is 2.44. The number of nitrogens with one attached hydrogen (secondary N) is 2. The van der Waals surface area contributed by atoms with Crippen LogP contribution in [-0.4, -0.2) is 21.1 Å². The second-order valence-electron chi connectivity index (χ2n) is 5.13. The van der Waals surface area contributed by atoms with E-state index in [0.29, 0.717) is 22.6 Å². The molecule has 8 heteroatoms.